The number of carbonyl (C=O) groups excluding carboxylic acids is 1. The molecule has 86 valence electrons. The highest BCUT2D eigenvalue weighted by molar-refractivity contribution is 5.61. The fourth-order valence-electron chi connectivity index (χ4n) is 1.49. The van der Waals surface area contributed by atoms with Gasteiger partial charge in [-0.25, -0.2) is 4.79 Å². The van der Waals surface area contributed by atoms with Gasteiger partial charge in [0.25, 0.3) is 0 Å². The van der Waals surface area contributed by atoms with Crippen molar-refractivity contribution in [1.82, 2.24) is 0 Å². The average molecular weight is 222 g/mol. The maximum Gasteiger partial charge on any atom is 0.508 e. The molecule has 1 aromatic carbocycles. The Morgan fingerprint density at radius 2 is 2.12 bits per heavy atom. The predicted molar refractivity (Wildman–Crippen MR) is 56.9 cm³/mol. The molecule has 4 heteroatoms. The molecule has 1 fully saturated rings. The summed E-state index contributed by atoms with van der Waals surface area (Å²) in [6.45, 7) is 1.49. The Hall–Kier alpha value is -1.55. The highest BCUT2D eigenvalue weighted by Gasteiger charge is 2.24. The summed E-state index contributed by atoms with van der Waals surface area (Å²) in [4.78, 5) is 10.6. The third-order valence-corrected chi connectivity index (χ3v) is 2.35. The highest BCUT2D eigenvalue weighted by Crippen LogP contribution is 2.10. The Balaban J connectivity index is 1.60. The van der Waals surface area contributed by atoms with Crippen LogP contribution in [-0.2, 0) is 20.8 Å². The number of rotatable bonds is 5. The molecule has 1 unspecified atom stereocenters. The second-order valence-corrected chi connectivity index (χ2v) is 3.63. The van der Waals surface area contributed by atoms with E-state index in [1.165, 1.54) is 0 Å². The zero-order valence-electron chi connectivity index (χ0n) is 8.93. The smallest absolute Gasteiger partial charge is 0.430 e. The quantitative estimate of drug-likeness (QED) is 0.565. The molecule has 0 aliphatic carbocycles. The molecular formula is C12H14O4. The fourth-order valence-corrected chi connectivity index (χ4v) is 1.49. The summed E-state index contributed by atoms with van der Waals surface area (Å²) >= 11 is 0. The molecule has 1 heterocycles. The molecule has 1 saturated heterocycles. The van der Waals surface area contributed by atoms with Crippen molar-refractivity contribution in [3.63, 3.8) is 0 Å². The first-order chi connectivity index (χ1) is 7.84. The lowest BCUT2D eigenvalue weighted by molar-refractivity contribution is 0.0763. The van der Waals surface area contributed by atoms with Gasteiger partial charge in [0.05, 0.1) is 13.2 Å². The number of hydrogen-bond acceptors (Lipinski definition) is 4. The van der Waals surface area contributed by atoms with Crippen LogP contribution in [0.25, 0.3) is 0 Å². The number of cyclic esters (lactones) is 2. The molecule has 0 N–H and O–H groups in total. The molecule has 16 heavy (non-hydrogen) atoms. The van der Waals surface area contributed by atoms with Crippen molar-refractivity contribution in [3.05, 3.63) is 35.9 Å². The maximum absolute atomic E-state index is 10.6. The molecular weight excluding hydrogens is 208 g/mol. The predicted octanol–water partition coefficient (Wildman–Crippen LogP) is 2.13. The normalized spacial score (nSPS) is 19.2. The second-order valence-electron chi connectivity index (χ2n) is 3.63. The molecule has 4 nitrogen and oxygen atoms in total. The van der Waals surface area contributed by atoms with Crippen molar-refractivity contribution < 1.29 is 19.0 Å². The first-order valence-electron chi connectivity index (χ1n) is 5.29. The van der Waals surface area contributed by atoms with Gasteiger partial charge in [0.1, 0.15) is 12.7 Å². The molecule has 1 aliphatic rings. The lowest BCUT2D eigenvalue weighted by Crippen LogP contribution is -2.13. The van der Waals surface area contributed by atoms with Gasteiger partial charge >= 0.3 is 6.16 Å². The van der Waals surface area contributed by atoms with E-state index in [1.807, 2.05) is 30.3 Å². The summed E-state index contributed by atoms with van der Waals surface area (Å²) in [5.41, 5.74) is 1.14. The van der Waals surface area contributed by atoms with E-state index >= 15 is 0 Å². The van der Waals surface area contributed by atoms with Crippen LogP contribution in [0.4, 0.5) is 4.79 Å². The van der Waals surface area contributed by atoms with Gasteiger partial charge in [-0.15, -0.1) is 0 Å². The van der Waals surface area contributed by atoms with Crippen molar-refractivity contribution in [3.8, 4) is 0 Å². The monoisotopic (exact) mass is 222 g/mol. The summed E-state index contributed by atoms with van der Waals surface area (Å²) in [5.74, 6) is 0. The van der Waals surface area contributed by atoms with E-state index in [0.29, 0.717) is 26.2 Å². The summed E-state index contributed by atoms with van der Waals surface area (Å²) in [5, 5.41) is 0. The third-order valence-electron chi connectivity index (χ3n) is 2.35. The number of benzene rings is 1. The van der Waals surface area contributed by atoms with E-state index in [-0.39, 0.29) is 6.10 Å². The lowest BCUT2D eigenvalue weighted by Gasteiger charge is -2.07. The van der Waals surface area contributed by atoms with Gasteiger partial charge in [-0.3, -0.25) is 0 Å². The Bertz CT molecular complexity index is 336. The number of hydrogen-bond donors (Lipinski definition) is 0. The number of carbonyl (C=O) groups is 1. The second kappa shape index (κ2) is 5.51. The van der Waals surface area contributed by atoms with Crippen molar-refractivity contribution >= 4 is 6.16 Å². The minimum atomic E-state index is -0.576. The Kier molecular flexibility index (Phi) is 3.77. The summed E-state index contributed by atoms with van der Waals surface area (Å²) in [6.07, 6.45) is -0.0465. The molecule has 0 aromatic heterocycles. The summed E-state index contributed by atoms with van der Waals surface area (Å²) in [6, 6.07) is 9.95. The van der Waals surface area contributed by atoms with Crippen LogP contribution in [0.15, 0.2) is 30.3 Å². The maximum atomic E-state index is 10.6. The fraction of sp³-hybridized carbons (Fsp3) is 0.417. The van der Waals surface area contributed by atoms with Gasteiger partial charge in [0.2, 0.25) is 0 Å². The zero-order chi connectivity index (χ0) is 11.2. The van der Waals surface area contributed by atoms with Crippen LogP contribution >= 0.6 is 0 Å². The van der Waals surface area contributed by atoms with Gasteiger partial charge in [0.15, 0.2) is 0 Å². The Morgan fingerprint density at radius 3 is 2.81 bits per heavy atom. The SMILES string of the molecule is O=C1OCC(CCOCc2ccccc2)O1. The summed E-state index contributed by atoms with van der Waals surface area (Å²) < 4.78 is 15.0. The molecule has 0 bridgehead atoms. The largest absolute Gasteiger partial charge is 0.508 e. The molecule has 1 aliphatic heterocycles. The van der Waals surface area contributed by atoms with Crippen LogP contribution in [-0.4, -0.2) is 25.5 Å². The first-order valence-corrected chi connectivity index (χ1v) is 5.29. The van der Waals surface area contributed by atoms with E-state index in [2.05, 4.69) is 4.74 Å². The van der Waals surface area contributed by atoms with Crippen LogP contribution in [0.3, 0.4) is 0 Å². The minimum Gasteiger partial charge on any atom is -0.430 e. The zero-order valence-corrected chi connectivity index (χ0v) is 8.93. The highest BCUT2D eigenvalue weighted by atomic mass is 16.8. The van der Waals surface area contributed by atoms with E-state index in [1.54, 1.807) is 0 Å². The van der Waals surface area contributed by atoms with Crippen molar-refractivity contribution in [1.29, 1.82) is 0 Å². The van der Waals surface area contributed by atoms with E-state index in [4.69, 9.17) is 9.47 Å². The van der Waals surface area contributed by atoms with Gasteiger partial charge in [-0.2, -0.15) is 0 Å². The van der Waals surface area contributed by atoms with E-state index in [9.17, 15) is 4.79 Å². The Labute approximate surface area is 94.1 Å². The Morgan fingerprint density at radius 1 is 1.31 bits per heavy atom. The third kappa shape index (κ3) is 3.24. The molecule has 0 spiro atoms. The van der Waals surface area contributed by atoms with Crippen LogP contribution in [0.5, 0.6) is 0 Å². The minimum absolute atomic E-state index is 0.150. The van der Waals surface area contributed by atoms with E-state index < -0.39 is 6.16 Å². The van der Waals surface area contributed by atoms with Crippen LogP contribution in [0.2, 0.25) is 0 Å². The average Bonchev–Trinajstić information content (AvgIpc) is 2.72. The molecule has 1 atom stereocenters. The molecule has 2 rings (SSSR count). The molecule has 0 radical (unpaired) electrons. The van der Waals surface area contributed by atoms with Crippen molar-refractivity contribution in [2.75, 3.05) is 13.2 Å². The van der Waals surface area contributed by atoms with Crippen LogP contribution in [0.1, 0.15) is 12.0 Å². The topological polar surface area (TPSA) is 44.8 Å². The van der Waals surface area contributed by atoms with Gasteiger partial charge < -0.3 is 14.2 Å². The van der Waals surface area contributed by atoms with Crippen LogP contribution < -0.4 is 0 Å². The van der Waals surface area contributed by atoms with Gasteiger partial charge in [0, 0.05) is 6.42 Å². The molecule has 0 amide bonds. The molecule has 1 aromatic rings. The molecule has 0 saturated carbocycles. The standard InChI is InChI=1S/C12H14O4/c13-12-15-9-11(16-12)6-7-14-8-10-4-2-1-3-5-10/h1-5,11H,6-9H2. The lowest BCUT2D eigenvalue weighted by atomic mass is 10.2. The summed E-state index contributed by atoms with van der Waals surface area (Å²) in [7, 11) is 0. The van der Waals surface area contributed by atoms with Crippen molar-refractivity contribution in [2.24, 2.45) is 0 Å². The van der Waals surface area contributed by atoms with Gasteiger partial charge in [-0.05, 0) is 5.56 Å². The number of ether oxygens (including phenoxy) is 3. The van der Waals surface area contributed by atoms with Crippen molar-refractivity contribution in [2.45, 2.75) is 19.1 Å². The van der Waals surface area contributed by atoms with E-state index in [0.717, 1.165) is 5.56 Å². The van der Waals surface area contributed by atoms with Crippen LogP contribution in [0, 0.1) is 0 Å². The van der Waals surface area contributed by atoms with Gasteiger partial charge in [-0.1, -0.05) is 30.3 Å². The first kappa shape index (κ1) is 11.0.